The molecule has 4 nitrogen and oxygen atoms in total. The molecule has 1 saturated carbocycles. The van der Waals surface area contributed by atoms with Crippen LogP contribution in [0.3, 0.4) is 0 Å². The van der Waals surface area contributed by atoms with E-state index in [2.05, 4.69) is 10.6 Å². The van der Waals surface area contributed by atoms with E-state index in [9.17, 15) is 4.79 Å². The third-order valence-corrected chi connectivity index (χ3v) is 2.46. The molecule has 0 aliphatic heterocycles. The van der Waals surface area contributed by atoms with E-state index in [1.807, 2.05) is 13.8 Å². The fourth-order valence-electron chi connectivity index (χ4n) is 1.38. The van der Waals surface area contributed by atoms with Crippen molar-refractivity contribution in [3.8, 4) is 0 Å². The fourth-order valence-corrected chi connectivity index (χ4v) is 1.38. The quantitative estimate of drug-likeness (QED) is 0.580. The number of carbonyl (C=O) groups is 1. The number of hydrogen-bond donors (Lipinski definition) is 2. The lowest BCUT2D eigenvalue weighted by atomic mass is 10.3. The van der Waals surface area contributed by atoms with Crippen LogP contribution in [-0.2, 0) is 9.53 Å². The fraction of sp³-hybridized carbons (Fsp3) is 0.917. The second-order valence-electron chi connectivity index (χ2n) is 4.60. The van der Waals surface area contributed by atoms with Crippen LogP contribution in [0.1, 0.15) is 39.5 Å². The minimum Gasteiger partial charge on any atom is -0.379 e. The highest BCUT2D eigenvalue weighted by Gasteiger charge is 2.19. The van der Waals surface area contributed by atoms with Gasteiger partial charge in [-0.1, -0.05) is 0 Å². The third kappa shape index (κ3) is 7.65. The molecule has 1 fully saturated rings. The van der Waals surface area contributed by atoms with Crippen molar-refractivity contribution in [1.29, 1.82) is 0 Å². The Kier molecular flexibility index (Phi) is 6.42. The van der Waals surface area contributed by atoms with Gasteiger partial charge in [0, 0.05) is 32.2 Å². The van der Waals surface area contributed by atoms with E-state index in [0.717, 1.165) is 26.1 Å². The Morgan fingerprint density at radius 3 is 2.75 bits per heavy atom. The lowest BCUT2D eigenvalue weighted by Gasteiger charge is -2.08. The highest BCUT2D eigenvalue weighted by molar-refractivity contribution is 5.75. The molecule has 16 heavy (non-hydrogen) atoms. The Bertz CT molecular complexity index is 203. The van der Waals surface area contributed by atoms with Crippen LogP contribution >= 0.6 is 0 Å². The van der Waals surface area contributed by atoms with Crippen molar-refractivity contribution in [3.05, 3.63) is 0 Å². The summed E-state index contributed by atoms with van der Waals surface area (Å²) in [7, 11) is 0. The summed E-state index contributed by atoms with van der Waals surface area (Å²) in [6.45, 7) is 6.27. The summed E-state index contributed by atoms with van der Waals surface area (Å²) in [5.41, 5.74) is 0. The molecule has 0 aromatic rings. The van der Waals surface area contributed by atoms with Crippen LogP contribution < -0.4 is 10.6 Å². The van der Waals surface area contributed by atoms with E-state index >= 15 is 0 Å². The second-order valence-corrected chi connectivity index (χ2v) is 4.60. The van der Waals surface area contributed by atoms with Gasteiger partial charge in [-0.05, 0) is 33.1 Å². The average molecular weight is 228 g/mol. The highest BCUT2D eigenvalue weighted by Crippen LogP contribution is 2.18. The summed E-state index contributed by atoms with van der Waals surface area (Å²) in [6.07, 6.45) is 4.29. The summed E-state index contributed by atoms with van der Waals surface area (Å²) in [5, 5.41) is 6.21. The number of nitrogens with one attached hydrogen (secondary N) is 2. The standard InChI is InChI=1S/C12H24N2O2/c1-10(2)16-9-3-7-14-12(15)6-8-13-11-4-5-11/h10-11,13H,3-9H2,1-2H3,(H,14,15). The van der Waals surface area contributed by atoms with Gasteiger partial charge in [0.2, 0.25) is 5.91 Å². The molecular weight excluding hydrogens is 204 g/mol. The van der Waals surface area contributed by atoms with Crippen LogP contribution in [-0.4, -0.2) is 37.7 Å². The zero-order valence-electron chi connectivity index (χ0n) is 10.4. The van der Waals surface area contributed by atoms with Crippen LogP contribution in [0, 0.1) is 0 Å². The average Bonchev–Trinajstić information content (AvgIpc) is 3.00. The van der Waals surface area contributed by atoms with E-state index < -0.39 is 0 Å². The van der Waals surface area contributed by atoms with Crippen molar-refractivity contribution in [1.82, 2.24) is 10.6 Å². The zero-order valence-corrected chi connectivity index (χ0v) is 10.4. The van der Waals surface area contributed by atoms with E-state index in [1.165, 1.54) is 12.8 Å². The molecule has 0 heterocycles. The number of carbonyl (C=O) groups excluding carboxylic acids is 1. The summed E-state index contributed by atoms with van der Waals surface area (Å²) in [5.74, 6) is 0.137. The maximum Gasteiger partial charge on any atom is 0.221 e. The van der Waals surface area contributed by atoms with Gasteiger partial charge in [-0.15, -0.1) is 0 Å². The van der Waals surface area contributed by atoms with Gasteiger partial charge in [-0.25, -0.2) is 0 Å². The van der Waals surface area contributed by atoms with E-state index in [4.69, 9.17) is 4.74 Å². The van der Waals surface area contributed by atoms with Crippen LogP contribution in [0.4, 0.5) is 0 Å². The summed E-state index contributed by atoms with van der Waals surface area (Å²) < 4.78 is 5.38. The molecule has 1 rings (SSSR count). The van der Waals surface area contributed by atoms with Gasteiger partial charge in [0.25, 0.3) is 0 Å². The molecule has 1 aliphatic carbocycles. The van der Waals surface area contributed by atoms with Gasteiger partial charge >= 0.3 is 0 Å². The Hall–Kier alpha value is -0.610. The molecule has 0 aromatic carbocycles. The number of hydrogen-bond acceptors (Lipinski definition) is 3. The maximum atomic E-state index is 11.4. The predicted molar refractivity (Wildman–Crippen MR) is 64.4 cm³/mol. The minimum absolute atomic E-state index is 0.137. The minimum atomic E-state index is 0.137. The molecule has 0 unspecified atom stereocenters. The lowest BCUT2D eigenvalue weighted by Crippen LogP contribution is -2.29. The van der Waals surface area contributed by atoms with E-state index in [0.29, 0.717) is 12.5 Å². The molecule has 0 bridgehead atoms. The molecule has 2 N–H and O–H groups in total. The van der Waals surface area contributed by atoms with Gasteiger partial charge in [0.1, 0.15) is 0 Å². The molecule has 0 radical (unpaired) electrons. The van der Waals surface area contributed by atoms with Crippen LogP contribution in [0.15, 0.2) is 0 Å². The van der Waals surface area contributed by atoms with Crippen molar-refractivity contribution in [2.75, 3.05) is 19.7 Å². The molecule has 1 aliphatic rings. The SMILES string of the molecule is CC(C)OCCCNC(=O)CCNC1CC1. The van der Waals surface area contributed by atoms with Crippen molar-refractivity contribution >= 4 is 5.91 Å². The monoisotopic (exact) mass is 228 g/mol. The second kappa shape index (κ2) is 7.63. The van der Waals surface area contributed by atoms with Crippen molar-refractivity contribution < 1.29 is 9.53 Å². The molecular formula is C12H24N2O2. The van der Waals surface area contributed by atoms with E-state index in [-0.39, 0.29) is 12.0 Å². The molecule has 4 heteroatoms. The molecule has 0 atom stereocenters. The summed E-state index contributed by atoms with van der Waals surface area (Å²) in [6, 6.07) is 0.687. The first-order chi connectivity index (χ1) is 7.68. The topological polar surface area (TPSA) is 50.4 Å². The van der Waals surface area contributed by atoms with Gasteiger partial charge in [-0.3, -0.25) is 4.79 Å². The summed E-state index contributed by atoms with van der Waals surface area (Å²) in [4.78, 5) is 11.4. The number of ether oxygens (including phenoxy) is 1. The predicted octanol–water partition coefficient (Wildman–Crippen LogP) is 1.06. The molecule has 94 valence electrons. The smallest absolute Gasteiger partial charge is 0.221 e. The lowest BCUT2D eigenvalue weighted by molar-refractivity contribution is -0.121. The molecule has 0 spiro atoms. The van der Waals surface area contributed by atoms with Crippen molar-refractivity contribution in [2.45, 2.75) is 51.7 Å². The number of rotatable bonds is 9. The normalized spacial score (nSPS) is 15.4. The van der Waals surface area contributed by atoms with Crippen LogP contribution in [0.5, 0.6) is 0 Å². The Labute approximate surface area is 98.1 Å². The maximum absolute atomic E-state index is 11.4. The molecule has 0 saturated heterocycles. The first-order valence-corrected chi connectivity index (χ1v) is 6.30. The summed E-state index contributed by atoms with van der Waals surface area (Å²) >= 11 is 0. The highest BCUT2D eigenvalue weighted by atomic mass is 16.5. The number of amides is 1. The van der Waals surface area contributed by atoms with Gasteiger partial charge in [0.15, 0.2) is 0 Å². The Balaban J connectivity index is 1.81. The van der Waals surface area contributed by atoms with Crippen LogP contribution in [0.2, 0.25) is 0 Å². The van der Waals surface area contributed by atoms with Gasteiger partial charge in [0.05, 0.1) is 6.10 Å². The van der Waals surface area contributed by atoms with Gasteiger partial charge in [-0.2, -0.15) is 0 Å². The first kappa shape index (κ1) is 13.5. The Morgan fingerprint density at radius 1 is 1.38 bits per heavy atom. The molecule has 0 aromatic heterocycles. The molecule has 1 amide bonds. The van der Waals surface area contributed by atoms with E-state index in [1.54, 1.807) is 0 Å². The zero-order chi connectivity index (χ0) is 11.8. The Morgan fingerprint density at radius 2 is 2.12 bits per heavy atom. The van der Waals surface area contributed by atoms with Crippen molar-refractivity contribution in [2.24, 2.45) is 0 Å². The largest absolute Gasteiger partial charge is 0.379 e. The third-order valence-electron chi connectivity index (χ3n) is 2.46. The van der Waals surface area contributed by atoms with Gasteiger partial charge < -0.3 is 15.4 Å². The first-order valence-electron chi connectivity index (χ1n) is 6.30. The van der Waals surface area contributed by atoms with Crippen LogP contribution in [0.25, 0.3) is 0 Å². The van der Waals surface area contributed by atoms with Crippen molar-refractivity contribution in [3.63, 3.8) is 0 Å².